The van der Waals surface area contributed by atoms with Crippen LogP contribution in [0.3, 0.4) is 0 Å². The number of aromatic amines is 1. The molecular weight excluding hydrogens is 408 g/mol. The van der Waals surface area contributed by atoms with Gasteiger partial charge < -0.3 is 24.5 Å². The third-order valence-electron chi connectivity index (χ3n) is 6.75. The van der Waals surface area contributed by atoms with Crippen LogP contribution >= 0.6 is 0 Å². The highest BCUT2D eigenvalue weighted by atomic mass is 16.5. The van der Waals surface area contributed by atoms with Gasteiger partial charge in [-0.3, -0.25) is 4.79 Å². The number of aliphatic hydroxyl groups is 1. The van der Waals surface area contributed by atoms with Crippen molar-refractivity contribution < 1.29 is 24.2 Å². The van der Waals surface area contributed by atoms with Crippen LogP contribution in [0.2, 0.25) is 0 Å². The number of rotatable bonds is 4. The largest absolute Gasteiger partial charge is 0.488 e. The summed E-state index contributed by atoms with van der Waals surface area (Å²) >= 11 is 0. The molecule has 1 saturated carbocycles. The Labute approximate surface area is 185 Å². The fraction of sp³-hybridized carbons (Fsp3) is 0.360. The van der Waals surface area contributed by atoms with Gasteiger partial charge >= 0.3 is 5.97 Å². The van der Waals surface area contributed by atoms with Crippen LogP contribution in [0.25, 0.3) is 10.9 Å². The van der Waals surface area contributed by atoms with Gasteiger partial charge in [-0.15, -0.1) is 0 Å². The van der Waals surface area contributed by atoms with Crippen molar-refractivity contribution in [1.29, 1.82) is 0 Å². The van der Waals surface area contributed by atoms with Crippen molar-refractivity contribution >= 4 is 22.8 Å². The van der Waals surface area contributed by atoms with Crippen molar-refractivity contribution in [2.45, 2.75) is 25.0 Å². The normalized spacial score (nSPS) is 24.9. The first-order valence-electron chi connectivity index (χ1n) is 10.9. The first-order valence-corrected chi connectivity index (χ1v) is 10.9. The molecule has 0 radical (unpaired) electrons. The minimum Gasteiger partial charge on any atom is -0.488 e. The number of carbonyl (C=O) groups excluding carboxylic acids is 2. The number of amides is 1. The third-order valence-corrected chi connectivity index (χ3v) is 6.75. The standard InChI is InChI=1S/C25H26N2O5/c1-31-25(30)16-5-7-19(8-6-16)32-22-12-18-14-27(13-17(18)11-21(22)28)24(29)20-4-2-3-15-9-10-26-23(15)20/h2-10,17-18,21-22,26,28H,11-14H2,1H3/t17-,18+,21+,22+/m0/s1. The molecule has 1 aliphatic heterocycles. The molecule has 32 heavy (non-hydrogen) atoms. The van der Waals surface area contributed by atoms with Crippen LogP contribution in [0, 0.1) is 11.8 Å². The lowest BCUT2D eigenvalue weighted by Gasteiger charge is -2.35. The van der Waals surface area contributed by atoms with Gasteiger partial charge in [0.25, 0.3) is 5.91 Å². The summed E-state index contributed by atoms with van der Waals surface area (Å²) in [4.78, 5) is 29.9. The number of methoxy groups -OCH3 is 1. The van der Waals surface area contributed by atoms with Gasteiger partial charge in [-0.1, -0.05) is 12.1 Å². The van der Waals surface area contributed by atoms with Gasteiger partial charge in [0.1, 0.15) is 11.9 Å². The monoisotopic (exact) mass is 434 g/mol. The summed E-state index contributed by atoms with van der Waals surface area (Å²) in [6, 6.07) is 14.5. The molecule has 4 atom stereocenters. The van der Waals surface area contributed by atoms with Gasteiger partial charge in [-0.2, -0.15) is 0 Å². The summed E-state index contributed by atoms with van der Waals surface area (Å²) in [6.07, 6.45) is 2.19. The van der Waals surface area contributed by atoms with Crippen molar-refractivity contribution in [1.82, 2.24) is 9.88 Å². The van der Waals surface area contributed by atoms with E-state index in [0.717, 1.165) is 10.9 Å². The summed E-state index contributed by atoms with van der Waals surface area (Å²) in [5.74, 6) is 0.771. The van der Waals surface area contributed by atoms with Crippen LogP contribution in [-0.2, 0) is 4.74 Å². The molecule has 3 aromatic rings. The molecule has 1 amide bonds. The third kappa shape index (κ3) is 3.73. The molecule has 7 heteroatoms. The number of likely N-dealkylation sites (tertiary alicyclic amines) is 1. The number of nitrogens with zero attached hydrogens (tertiary/aromatic N) is 1. The Morgan fingerprint density at radius 2 is 1.78 bits per heavy atom. The number of benzene rings is 2. The Balaban J connectivity index is 1.26. The van der Waals surface area contributed by atoms with Crippen molar-refractivity contribution in [2.24, 2.45) is 11.8 Å². The number of para-hydroxylation sites is 1. The van der Waals surface area contributed by atoms with Crippen LogP contribution in [0.15, 0.2) is 54.7 Å². The number of H-pyrrole nitrogens is 1. The predicted molar refractivity (Wildman–Crippen MR) is 119 cm³/mol. The van der Waals surface area contributed by atoms with E-state index in [4.69, 9.17) is 9.47 Å². The van der Waals surface area contributed by atoms with E-state index < -0.39 is 12.1 Å². The van der Waals surface area contributed by atoms with Crippen molar-refractivity contribution in [3.63, 3.8) is 0 Å². The molecule has 7 nitrogen and oxygen atoms in total. The molecule has 5 rings (SSSR count). The molecule has 2 aromatic carbocycles. The number of carbonyl (C=O) groups is 2. The molecule has 0 unspecified atom stereocenters. The Hall–Kier alpha value is -3.32. The lowest BCUT2D eigenvalue weighted by Crippen LogP contribution is -2.42. The first-order chi connectivity index (χ1) is 15.5. The molecule has 0 bridgehead atoms. The summed E-state index contributed by atoms with van der Waals surface area (Å²) in [5, 5.41) is 11.7. The molecule has 2 heterocycles. The van der Waals surface area contributed by atoms with Gasteiger partial charge in [-0.05, 0) is 61.1 Å². The number of hydrogen-bond acceptors (Lipinski definition) is 5. The first kappa shape index (κ1) is 20.6. The van der Waals surface area contributed by atoms with E-state index in [1.807, 2.05) is 35.4 Å². The molecule has 0 spiro atoms. The van der Waals surface area contributed by atoms with Crippen LogP contribution in [0.1, 0.15) is 33.6 Å². The molecule has 2 N–H and O–H groups in total. The van der Waals surface area contributed by atoms with Gasteiger partial charge in [-0.25, -0.2) is 4.79 Å². The molecule has 1 saturated heterocycles. The zero-order valence-corrected chi connectivity index (χ0v) is 17.9. The Morgan fingerprint density at radius 1 is 1.03 bits per heavy atom. The SMILES string of the molecule is COC(=O)c1ccc(O[C@@H]2C[C@@H]3CN(C(=O)c4cccc5cc[nH]c45)C[C@@H]3C[C@H]2O)cc1. The van der Waals surface area contributed by atoms with Gasteiger partial charge in [0.15, 0.2) is 0 Å². The Morgan fingerprint density at radius 3 is 2.53 bits per heavy atom. The topological polar surface area (TPSA) is 91.9 Å². The van der Waals surface area contributed by atoms with Crippen LogP contribution < -0.4 is 4.74 Å². The number of hydrogen-bond donors (Lipinski definition) is 2. The quantitative estimate of drug-likeness (QED) is 0.615. The van der Waals surface area contributed by atoms with Crippen LogP contribution in [0.5, 0.6) is 5.75 Å². The second kappa shape index (κ2) is 8.31. The zero-order chi connectivity index (χ0) is 22.2. The predicted octanol–water partition coefficient (Wildman–Crippen LogP) is 3.25. The molecular formula is C25H26N2O5. The maximum Gasteiger partial charge on any atom is 0.337 e. The number of aromatic nitrogens is 1. The van der Waals surface area contributed by atoms with E-state index >= 15 is 0 Å². The van der Waals surface area contributed by atoms with E-state index in [1.165, 1.54) is 7.11 Å². The summed E-state index contributed by atoms with van der Waals surface area (Å²) < 4.78 is 10.8. The van der Waals surface area contributed by atoms with Gasteiger partial charge in [0.2, 0.25) is 0 Å². The summed E-state index contributed by atoms with van der Waals surface area (Å²) in [5.41, 5.74) is 2.00. The molecule has 2 fully saturated rings. The molecule has 166 valence electrons. The highest BCUT2D eigenvalue weighted by molar-refractivity contribution is 6.05. The fourth-order valence-corrected chi connectivity index (χ4v) is 5.08. The number of ether oxygens (including phenoxy) is 2. The van der Waals surface area contributed by atoms with Crippen molar-refractivity contribution in [3.8, 4) is 5.75 Å². The van der Waals surface area contributed by atoms with Crippen LogP contribution in [0.4, 0.5) is 0 Å². The van der Waals surface area contributed by atoms with Gasteiger partial charge in [0.05, 0.1) is 29.9 Å². The van der Waals surface area contributed by atoms with E-state index in [2.05, 4.69) is 4.98 Å². The molecule has 1 aliphatic carbocycles. The lowest BCUT2D eigenvalue weighted by atomic mass is 9.78. The fourth-order valence-electron chi connectivity index (χ4n) is 5.08. The van der Waals surface area contributed by atoms with E-state index in [0.29, 0.717) is 42.8 Å². The Kier molecular flexibility index (Phi) is 5.35. The zero-order valence-electron chi connectivity index (χ0n) is 17.9. The smallest absolute Gasteiger partial charge is 0.337 e. The average Bonchev–Trinajstić information content (AvgIpc) is 3.45. The number of aliphatic hydroxyl groups excluding tert-OH is 1. The van der Waals surface area contributed by atoms with E-state index in [-0.39, 0.29) is 23.8 Å². The van der Waals surface area contributed by atoms with Crippen LogP contribution in [-0.4, -0.2) is 59.3 Å². The van der Waals surface area contributed by atoms with Crippen molar-refractivity contribution in [3.05, 3.63) is 65.9 Å². The van der Waals surface area contributed by atoms with Gasteiger partial charge in [0, 0.05) is 24.7 Å². The number of nitrogens with one attached hydrogen (secondary N) is 1. The number of fused-ring (bicyclic) bond motifs is 2. The maximum atomic E-state index is 13.2. The molecule has 2 aliphatic rings. The van der Waals surface area contributed by atoms with E-state index in [1.54, 1.807) is 24.3 Å². The highest BCUT2D eigenvalue weighted by Crippen LogP contribution is 2.38. The summed E-state index contributed by atoms with van der Waals surface area (Å²) in [7, 11) is 1.34. The average molecular weight is 434 g/mol. The Bertz CT molecular complexity index is 1140. The second-order valence-electron chi connectivity index (χ2n) is 8.69. The van der Waals surface area contributed by atoms with E-state index in [9.17, 15) is 14.7 Å². The minimum atomic E-state index is -0.599. The van der Waals surface area contributed by atoms with Crippen molar-refractivity contribution in [2.75, 3.05) is 20.2 Å². The number of esters is 1. The highest BCUT2D eigenvalue weighted by Gasteiger charge is 2.44. The summed E-state index contributed by atoms with van der Waals surface area (Å²) in [6.45, 7) is 1.31. The second-order valence-corrected chi connectivity index (χ2v) is 8.69. The minimum absolute atomic E-state index is 0.0257. The maximum absolute atomic E-state index is 13.2. The lowest BCUT2D eigenvalue weighted by molar-refractivity contribution is -0.0231. The molecule has 1 aromatic heterocycles.